The number of fused-ring (bicyclic) bond motifs is 1. The smallest absolute Gasteiger partial charge is 0.364 e. The first-order chi connectivity index (χ1) is 11.6. The Kier molecular flexibility index (Phi) is 4.20. The number of rotatable bonds is 4. The maximum atomic E-state index is 12.5. The first kappa shape index (κ1) is 15.6. The highest BCUT2D eigenvalue weighted by atomic mass is 16.5. The SMILES string of the molecule is CCOc1ccccc1C(=O)Nc1c(O)c2ccccc2oc1=O. The van der Waals surface area contributed by atoms with Gasteiger partial charge < -0.3 is 19.6 Å². The minimum atomic E-state index is -0.826. The van der Waals surface area contributed by atoms with Crippen molar-refractivity contribution in [2.75, 3.05) is 11.9 Å². The van der Waals surface area contributed by atoms with Gasteiger partial charge in [-0.05, 0) is 31.2 Å². The predicted octanol–water partition coefficient (Wildman–Crippen LogP) is 3.15. The van der Waals surface area contributed by atoms with Gasteiger partial charge >= 0.3 is 5.63 Å². The lowest BCUT2D eigenvalue weighted by molar-refractivity contribution is 0.102. The lowest BCUT2D eigenvalue weighted by atomic mass is 10.1. The summed E-state index contributed by atoms with van der Waals surface area (Å²) in [5.74, 6) is -0.511. The Labute approximate surface area is 137 Å². The number of amides is 1. The number of hydrogen-bond donors (Lipinski definition) is 2. The topological polar surface area (TPSA) is 88.8 Å². The van der Waals surface area contributed by atoms with E-state index in [9.17, 15) is 14.7 Å². The van der Waals surface area contributed by atoms with Gasteiger partial charge in [-0.3, -0.25) is 4.79 Å². The molecule has 0 radical (unpaired) electrons. The van der Waals surface area contributed by atoms with Crippen molar-refractivity contribution in [3.8, 4) is 11.5 Å². The van der Waals surface area contributed by atoms with E-state index in [1.54, 1.807) is 55.5 Å². The number of ether oxygens (including phenoxy) is 1. The zero-order valence-electron chi connectivity index (χ0n) is 12.9. The van der Waals surface area contributed by atoms with Crippen LogP contribution in [-0.4, -0.2) is 17.6 Å². The van der Waals surface area contributed by atoms with E-state index >= 15 is 0 Å². The van der Waals surface area contributed by atoms with Crippen LogP contribution >= 0.6 is 0 Å². The summed E-state index contributed by atoms with van der Waals surface area (Å²) in [7, 11) is 0. The largest absolute Gasteiger partial charge is 0.505 e. The second-order valence-corrected chi connectivity index (χ2v) is 4.99. The first-order valence-electron chi connectivity index (χ1n) is 7.39. The number of carbonyl (C=O) groups is 1. The van der Waals surface area contributed by atoms with Crippen molar-refractivity contribution in [2.24, 2.45) is 0 Å². The van der Waals surface area contributed by atoms with E-state index in [2.05, 4.69) is 5.32 Å². The molecule has 0 fully saturated rings. The van der Waals surface area contributed by atoms with Crippen LogP contribution in [0.15, 0.2) is 57.7 Å². The van der Waals surface area contributed by atoms with Gasteiger partial charge in [0.15, 0.2) is 11.4 Å². The molecule has 0 aliphatic heterocycles. The molecule has 1 heterocycles. The third-order valence-electron chi connectivity index (χ3n) is 3.46. The lowest BCUT2D eigenvalue weighted by Crippen LogP contribution is -2.19. The van der Waals surface area contributed by atoms with Gasteiger partial charge in [0.05, 0.1) is 17.6 Å². The van der Waals surface area contributed by atoms with E-state index in [0.717, 1.165) is 0 Å². The molecule has 1 aromatic heterocycles. The number of para-hydroxylation sites is 2. The second-order valence-electron chi connectivity index (χ2n) is 4.99. The molecule has 2 aromatic carbocycles. The Morgan fingerprint density at radius 1 is 1.17 bits per heavy atom. The molecule has 1 amide bonds. The molecular formula is C18H15NO5. The molecule has 3 rings (SSSR count). The number of anilines is 1. The van der Waals surface area contributed by atoms with Crippen LogP contribution in [0.25, 0.3) is 11.0 Å². The Bertz CT molecular complexity index is 961. The first-order valence-corrected chi connectivity index (χ1v) is 7.39. The standard InChI is InChI=1S/C18H15NO5/c1-2-23-13-9-5-4-8-12(13)17(21)19-15-16(20)11-7-3-6-10-14(11)24-18(15)22/h3-10,20H,2H2,1H3,(H,19,21). The second kappa shape index (κ2) is 6.45. The predicted molar refractivity (Wildman–Crippen MR) is 89.7 cm³/mol. The molecule has 6 heteroatoms. The van der Waals surface area contributed by atoms with E-state index in [1.807, 2.05) is 0 Å². The molecule has 0 aliphatic rings. The van der Waals surface area contributed by atoms with Gasteiger partial charge in [0, 0.05) is 0 Å². The zero-order chi connectivity index (χ0) is 17.1. The number of benzene rings is 2. The summed E-state index contributed by atoms with van der Waals surface area (Å²) in [5, 5.41) is 13.0. The van der Waals surface area contributed by atoms with Gasteiger partial charge in [-0.1, -0.05) is 24.3 Å². The van der Waals surface area contributed by atoms with E-state index in [-0.39, 0.29) is 22.6 Å². The van der Waals surface area contributed by atoms with Crippen LogP contribution in [0, 0.1) is 0 Å². The van der Waals surface area contributed by atoms with Crippen LogP contribution in [0.1, 0.15) is 17.3 Å². The lowest BCUT2D eigenvalue weighted by Gasteiger charge is -2.11. The van der Waals surface area contributed by atoms with Crippen molar-refractivity contribution in [1.82, 2.24) is 0 Å². The zero-order valence-corrected chi connectivity index (χ0v) is 12.9. The van der Waals surface area contributed by atoms with Crippen molar-refractivity contribution in [3.63, 3.8) is 0 Å². The number of carbonyl (C=O) groups excluding carboxylic acids is 1. The molecule has 0 aliphatic carbocycles. The molecule has 0 saturated heterocycles. The summed E-state index contributed by atoms with van der Waals surface area (Å²) in [6.45, 7) is 2.20. The summed E-state index contributed by atoms with van der Waals surface area (Å²) < 4.78 is 10.5. The number of nitrogens with one attached hydrogen (secondary N) is 1. The molecule has 0 bridgehead atoms. The Hall–Kier alpha value is -3.28. The highest BCUT2D eigenvalue weighted by Gasteiger charge is 2.19. The summed E-state index contributed by atoms with van der Waals surface area (Å²) >= 11 is 0. The average Bonchev–Trinajstić information content (AvgIpc) is 2.59. The van der Waals surface area contributed by atoms with Crippen LogP contribution in [0.2, 0.25) is 0 Å². The molecule has 0 saturated carbocycles. The Balaban J connectivity index is 2.01. The minimum absolute atomic E-state index is 0.243. The molecule has 24 heavy (non-hydrogen) atoms. The summed E-state index contributed by atoms with van der Waals surface area (Å²) in [6.07, 6.45) is 0. The van der Waals surface area contributed by atoms with Gasteiger partial charge in [0.2, 0.25) is 0 Å². The Morgan fingerprint density at radius 2 is 1.88 bits per heavy atom. The Morgan fingerprint density at radius 3 is 2.67 bits per heavy atom. The molecule has 2 N–H and O–H groups in total. The highest BCUT2D eigenvalue weighted by molar-refractivity contribution is 6.07. The third kappa shape index (κ3) is 2.81. The molecule has 0 unspecified atom stereocenters. The van der Waals surface area contributed by atoms with E-state index in [4.69, 9.17) is 9.15 Å². The fourth-order valence-electron chi connectivity index (χ4n) is 2.36. The van der Waals surface area contributed by atoms with Crippen molar-refractivity contribution in [3.05, 3.63) is 64.5 Å². The molecule has 3 aromatic rings. The van der Waals surface area contributed by atoms with Crippen molar-refractivity contribution < 1.29 is 19.1 Å². The quantitative estimate of drug-likeness (QED) is 0.719. The van der Waals surface area contributed by atoms with Crippen molar-refractivity contribution >= 4 is 22.6 Å². The van der Waals surface area contributed by atoms with Crippen LogP contribution in [0.4, 0.5) is 5.69 Å². The van der Waals surface area contributed by atoms with Crippen LogP contribution in [0.3, 0.4) is 0 Å². The van der Waals surface area contributed by atoms with Gasteiger partial charge in [0.1, 0.15) is 11.3 Å². The number of aromatic hydroxyl groups is 1. The van der Waals surface area contributed by atoms with E-state index in [0.29, 0.717) is 17.7 Å². The van der Waals surface area contributed by atoms with Gasteiger partial charge in [-0.2, -0.15) is 0 Å². The molecular weight excluding hydrogens is 310 g/mol. The molecule has 0 spiro atoms. The molecule has 0 atom stereocenters. The molecule has 6 nitrogen and oxygen atoms in total. The summed E-state index contributed by atoms with van der Waals surface area (Å²) in [5.41, 5.74) is -0.627. The van der Waals surface area contributed by atoms with Crippen LogP contribution in [-0.2, 0) is 0 Å². The molecule has 122 valence electrons. The third-order valence-corrected chi connectivity index (χ3v) is 3.46. The minimum Gasteiger partial charge on any atom is -0.505 e. The van der Waals surface area contributed by atoms with E-state index in [1.165, 1.54) is 0 Å². The van der Waals surface area contributed by atoms with Crippen molar-refractivity contribution in [2.45, 2.75) is 6.92 Å². The fourth-order valence-corrected chi connectivity index (χ4v) is 2.36. The summed E-state index contributed by atoms with van der Waals surface area (Å²) in [4.78, 5) is 24.5. The fraction of sp³-hybridized carbons (Fsp3) is 0.111. The van der Waals surface area contributed by atoms with Crippen LogP contribution < -0.4 is 15.7 Å². The van der Waals surface area contributed by atoms with Crippen molar-refractivity contribution in [1.29, 1.82) is 0 Å². The average molecular weight is 325 g/mol. The normalized spacial score (nSPS) is 10.5. The maximum absolute atomic E-state index is 12.5. The monoisotopic (exact) mass is 325 g/mol. The van der Waals surface area contributed by atoms with Crippen LogP contribution in [0.5, 0.6) is 11.5 Å². The maximum Gasteiger partial charge on any atom is 0.364 e. The van der Waals surface area contributed by atoms with E-state index < -0.39 is 11.5 Å². The highest BCUT2D eigenvalue weighted by Crippen LogP contribution is 2.30. The number of hydrogen-bond acceptors (Lipinski definition) is 5. The van der Waals surface area contributed by atoms with Gasteiger partial charge in [-0.15, -0.1) is 0 Å². The van der Waals surface area contributed by atoms with Gasteiger partial charge in [-0.25, -0.2) is 4.79 Å². The summed E-state index contributed by atoms with van der Waals surface area (Å²) in [6, 6.07) is 13.2. The van der Waals surface area contributed by atoms with Gasteiger partial charge in [0.25, 0.3) is 5.91 Å².